The lowest BCUT2D eigenvalue weighted by molar-refractivity contribution is -0.146. The van der Waals surface area contributed by atoms with E-state index >= 15 is 0 Å². The van der Waals surface area contributed by atoms with Crippen LogP contribution >= 0.6 is 11.6 Å². The molecule has 0 saturated heterocycles. The summed E-state index contributed by atoms with van der Waals surface area (Å²) in [6, 6.07) is 3.43. The van der Waals surface area contributed by atoms with Crippen LogP contribution in [-0.4, -0.2) is 36.3 Å². The maximum atomic E-state index is 12.5. The van der Waals surface area contributed by atoms with Gasteiger partial charge in [-0.3, -0.25) is 4.79 Å². The highest BCUT2D eigenvalue weighted by Gasteiger charge is 2.29. The summed E-state index contributed by atoms with van der Waals surface area (Å²) in [4.78, 5) is 24.1. The minimum absolute atomic E-state index is 0.0782. The summed E-state index contributed by atoms with van der Waals surface area (Å²) in [5.74, 6) is -1.14. The zero-order valence-corrected chi connectivity index (χ0v) is 15.2. The number of nitrogens with one attached hydrogen (secondary N) is 1. The van der Waals surface area contributed by atoms with Gasteiger partial charge in [0.25, 0.3) is 0 Å². The second kappa shape index (κ2) is 9.06. The van der Waals surface area contributed by atoms with Gasteiger partial charge in [0, 0.05) is 0 Å². The minimum atomic E-state index is -1.20. The fraction of sp³-hybridized carbons (Fsp3) is 0.556. The molecule has 1 fully saturated rings. The third kappa shape index (κ3) is 5.09. The van der Waals surface area contributed by atoms with Gasteiger partial charge in [-0.25, -0.2) is 4.79 Å². The van der Waals surface area contributed by atoms with Crippen molar-refractivity contribution in [3.05, 3.63) is 28.8 Å². The summed E-state index contributed by atoms with van der Waals surface area (Å²) in [5.41, 5.74) is 0.377. The molecule has 25 heavy (non-hydrogen) atoms. The first-order chi connectivity index (χ1) is 12.0. The summed E-state index contributed by atoms with van der Waals surface area (Å²) < 4.78 is 10.9. The molecule has 7 heteroatoms. The molecule has 2 rings (SSSR count). The molecule has 138 valence electrons. The van der Waals surface area contributed by atoms with E-state index < -0.39 is 24.0 Å². The Morgan fingerprint density at radius 1 is 1.36 bits per heavy atom. The number of halogens is 1. The quantitative estimate of drug-likeness (QED) is 0.734. The van der Waals surface area contributed by atoms with Gasteiger partial charge in [0.05, 0.1) is 18.2 Å². The van der Waals surface area contributed by atoms with E-state index in [9.17, 15) is 14.7 Å². The highest BCUT2D eigenvalue weighted by molar-refractivity contribution is 6.32. The predicted molar refractivity (Wildman–Crippen MR) is 93.9 cm³/mol. The van der Waals surface area contributed by atoms with Crippen molar-refractivity contribution in [2.45, 2.75) is 57.3 Å². The van der Waals surface area contributed by atoms with Crippen LogP contribution in [-0.2, 0) is 14.3 Å². The van der Waals surface area contributed by atoms with Gasteiger partial charge in [-0.05, 0) is 37.0 Å². The fourth-order valence-corrected chi connectivity index (χ4v) is 3.25. The van der Waals surface area contributed by atoms with Crippen molar-refractivity contribution in [1.82, 2.24) is 5.32 Å². The van der Waals surface area contributed by atoms with E-state index in [-0.39, 0.29) is 11.1 Å². The number of methoxy groups -OCH3 is 1. The van der Waals surface area contributed by atoms with Crippen molar-refractivity contribution in [3.8, 4) is 5.75 Å². The Morgan fingerprint density at radius 3 is 2.56 bits per heavy atom. The Balaban J connectivity index is 2.10. The van der Waals surface area contributed by atoms with Gasteiger partial charge in [0.15, 0.2) is 6.04 Å². The smallest absolute Gasteiger partial charge is 0.330 e. The first-order valence-corrected chi connectivity index (χ1v) is 8.86. The number of hydrogen-bond donors (Lipinski definition) is 2. The van der Waals surface area contributed by atoms with Crippen molar-refractivity contribution < 1.29 is 24.2 Å². The van der Waals surface area contributed by atoms with E-state index in [2.05, 4.69) is 5.32 Å². The third-order valence-electron chi connectivity index (χ3n) is 4.36. The molecule has 2 unspecified atom stereocenters. The fourth-order valence-electron chi connectivity index (χ4n) is 2.99. The summed E-state index contributed by atoms with van der Waals surface area (Å²) in [6.45, 7) is 1.85. The van der Waals surface area contributed by atoms with Crippen molar-refractivity contribution in [3.63, 3.8) is 0 Å². The van der Waals surface area contributed by atoms with Crippen LogP contribution in [0.2, 0.25) is 5.02 Å². The molecule has 1 aromatic carbocycles. The van der Waals surface area contributed by atoms with Gasteiger partial charge in [-0.2, -0.15) is 0 Å². The standard InChI is InChI=1S/C18H24ClNO5/c1-3-14(25-12-6-4-5-7-12)17(21)20-16(18(22)23)11-8-9-15(24-2)13(19)10-11/h8-10,12,14,16H,3-7H2,1-2H3,(H,20,21)(H,22,23). The lowest BCUT2D eigenvalue weighted by atomic mass is 10.1. The molecule has 0 aromatic heterocycles. The molecule has 1 aliphatic rings. The molecule has 0 radical (unpaired) electrons. The minimum Gasteiger partial charge on any atom is -0.495 e. The van der Waals surface area contributed by atoms with Gasteiger partial charge in [0.2, 0.25) is 5.91 Å². The second-order valence-corrected chi connectivity index (χ2v) is 6.52. The summed E-state index contributed by atoms with van der Waals surface area (Å²) in [7, 11) is 1.48. The highest BCUT2D eigenvalue weighted by Crippen LogP contribution is 2.28. The molecule has 6 nitrogen and oxygen atoms in total. The second-order valence-electron chi connectivity index (χ2n) is 6.11. The molecule has 1 amide bonds. The van der Waals surface area contributed by atoms with E-state index in [0.717, 1.165) is 25.7 Å². The van der Waals surface area contributed by atoms with Crippen LogP contribution in [0.5, 0.6) is 5.75 Å². The molecular weight excluding hydrogens is 346 g/mol. The van der Waals surface area contributed by atoms with Crippen LogP contribution < -0.4 is 10.1 Å². The molecule has 0 spiro atoms. The normalized spacial score (nSPS) is 17.1. The summed E-state index contributed by atoms with van der Waals surface area (Å²) >= 11 is 6.06. The van der Waals surface area contributed by atoms with Gasteiger partial charge in [0.1, 0.15) is 11.9 Å². The maximum Gasteiger partial charge on any atom is 0.330 e. The van der Waals surface area contributed by atoms with Crippen LogP contribution in [0.15, 0.2) is 18.2 Å². The topological polar surface area (TPSA) is 84.9 Å². The summed E-state index contributed by atoms with van der Waals surface area (Å²) in [5, 5.41) is 12.3. The van der Waals surface area contributed by atoms with Gasteiger partial charge in [-0.1, -0.05) is 37.4 Å². The van der Waals surface area contributed by atoms with E-state index in [0.29, 0.717) is 17.7 Å². The van der Waals surface area contributed by atoms with Crippen molar-refractivity contribution in [2.75, 3.05) is 7.11 Å². The van der Waals surface area contributed by atoms with Crippen molar-refractivity contribution in [2.24, 2.45) is 0 Å². The molecule has 1 saturated carbocycles. The molecular formula is C18H24ClNO5. The summed E-state index contributed by atoms with van der Waals surface area (Å²) in [6.07, 6.45) is 4.00. The molecule has 1 aromatic rings. The van der Waals surface area contributed by atoms with E-state index in [1.54, 1.807) is 12.1 Å². The molecule has 2 N–H and O–H groups in total. The third-order valence-corrected chi connectivity index (χ3v) is 4.66. The highest BCUT2D eigenvalue weighted by atomic mass is 35.5. The van der Waals surface area contributed by atoms with Crippen LogP contribution in [0.3, 0.4) is 0 Å². The Labute approximate surface area is 152 Å². The van der Waals surface area contributed by atoms with Crippen LogP contribution in [0.4, 0.5) is 0 Å². The Bertz CT molecular complexity index is 615. The van der Waals surface area contributed by atoms with Gasteiger partial charge >= 0.3 is 5.97 Å². The van der Waals surface area contributed by atoms with Crippen molar-refractivity contribution in [1.29, 1.82) is 0 Å². The number of ether oxygens (including phenoxy) is 2. The molecule has 0 bridgehead atoms. The number of carboxylic acids is 1. The van der Waals surface area contributed by atoms with Crippen LogP contribution in [0.25, 0.3) is 0 Å². The number of carbonyl (C=O) groups is 2. The number of hydrogen-bond acceptors (Lipinski definition) is 4. The first kappa shape index (κ1) is 19.5. The zero-order chi connectivity index (χ0) is 18.4. The molecule has 0 heterocycles. The lowest BCUT2D eigenvalue weighted by Crippen LogP contribution is -2.42. The van der Waals surface area contributed by atoms with Crippen LogP contribution in [0.1, 0.15) is 50.6 Å². The number of benzene rings is 1. The number of amides is 1. The Hall–Kier alpha value is -1.79. The average Bonchev–Trinajstić information content (AvgIpc) is 3.10. The molecule has 0 aliphatic heterocycles. The van der Waals surface area contributed by atoms with Crippen molar-refractivity contribution >= 4 is 23.5 Å². The largest absolute Gasteiger partial charge is 0.495 e. The first-order valence-electron chi connectivity index (χ1n) is 8.48. The average molecular weight is 370 g/mol. The van der Waals surface area contributed by atoms with E-state index in [1.807, 2.05) is 6.92 Å². The molecule has 1 aliphatic carbocycles. The van der Waals surface area contributed by atoms with E-state index in [4.69, 9.17) is 21.1 Å². The number of aliphatic carboxylic acids is 1. The number of carboxylic acid groups (broad SMARTS) is 1. The van der Waals surface area contributed by atoms with E-state index in [1.165, 1.54) is 13.2 Å². The lowest BCUT2D eigenvalue weighted by Gasteiger charge is -2.23. The van der Waals surface area contributed by atoms with Gasteiger partial charge in [-0.15, -0.1) is 0 Å². The monoisotopic (exact) mass is 369 g/mol. The zero-order valence-electron chi connectivity index (χ0n) is 14.5. The Morgan fingerprint density at radius 2 is 2.04 bits per heavy atom. The SMILES string of the molecule is CCC(OC1CCCC1)C(=O)NC(C(=O)O)c1ccc(OC)c(Cl)c1. The maximum absolute atomic E-state index is 12.5. The Kier molecular flexibility index (Phi) is 7.08. The molecule has 2 atom stereocenters. The van der Waals surface area contributed by atoms with Crippen LogP contribution in [0, 0.1) is 0 Å². The predicted octanol–water partition coefficient (Wildman–Crippen LogP) is 3.33. The number of rotatable bonds is 8. The number of carbonyl (C=O) groups excluding carboxylic acids is 1. The van der Waals surface area contributed by atoms with Gasteiger partial charge < -0.3 is 19.9 Å².